The van der Waals surface area contributed by atoms with Crippen molar-refractivity contribution in [1.82, 2.24) is 4.98 Å². The molecule has 0 radical (unpaired) electrons. The number of hydrogen-bond acceptors (Lipinski definition) is 3. The maximum Gasteiger partial charge on any atom is 0.194 e. The van der Waals surface area contributed by atoms with Crippen LogP contribution in [-0.4, -0.2) is 10.8 Å². The molecule has 1 aromatic heterocycles. The van der Waals surface area contributed by atoms with Crippen molar-refractivity contribution in [3.05, 3.63) is 88.6 Å². The van der Waals surface area contributed by atoms with E-state index in [2.05, 4.69) is 10.3 Å². The van der Waals surface area contributed by atoms with Crippen LogP contribution in [0.5, 0.6) is 0 Å². The van der Waals surface area contributed by atoms with Crippen LogP contribution in [0.1, 0.15) is 15.9 Å². The monoisotopic (exact) mass is 344 g/mol. The molecule has 0 saturated heterocycles. The van der Waals surface area contributed by atoms with E-state index in [9.17, 15) is 13.6 Å². The fraction of sp³-hybridized carbons (Fsp3) is 0. The van der Waals surface area contributed by atoms with Gasteiger partial charge >= 0.3 is 0 Å². The SMILES string of the molecule is O=C(c1ccc(Nc2c(F)cccc2F)nc1)c1cccc(Cl)c1. The van der Waals surface area contributed by atoms with Crippen molar-refractivity contribution in [2.75, 3.05) is 5.32 Å². The summed E-state index contributed by atoms with van der Waals surface area (Å²) in [6, 6.07) is 13.1. The Labute approximate surface area is 141 Å². The third-order valence-electron chi connectivity index (χ3n) is 3.33. The number of pyridine rings is 1. The number of aromatic nitrogens is 1. The minimum Gasteiger partial charge on any atom is -0.335 e. The van der Waals surface area contributed by atoms with E-state index in [0.717, 1.165) is 12.1 Å². The zero-order chi connectivity index (χ0) is 17.1. The van der Waals surface area contributed by atoms with Gasteiger partial charge in [-0.25, -0.2) is 13.8 Å². The summed E-state index contributed by atoms with van der Waals surface area (Å²) in [5.74, 6) is -1.47. The standard InChI is InChI=1S/C18H11ClF2N2O/c19-13-4-1-3-11(9-13)18(24)12-7-8-16(22-10-12)23-17-14(20)5-2-6-15(17)21/h1-10H,(H,22,23). The first-order chi connectivity index (χ1) is 11.5. The van der Waals surface area contributed by atoms with E-state index in [0.29, 0.717) is 16.1 Å². The van der Waals surface area contributed by atoms with Gasteiger partial charge in [0, 0.05) is 22.3 Å². The summed E-state index contributed by atoms with van der Waals surface area (Å²) in [6.45, 7) is 0. The number of rotatable bonds is 4. The summed E-state index contributed by atoms with van der Waals surface area (Å²) in [5, 5.41) is 3.02. The number of para-hydroxylation sites is 1. The van der Waals surface area contributed by atoms with E-state index >= 15 is 0 Å². The average molecular weight is 345 g/mol. The van der Waals surface area contributed by atoms with E-state index in [1.807, 2.05) is 0 Å². The number of nitrogens with one attached hydrogen (secondary N) is 1. The molecule has 0 aliphatic carbocycles. The second-order valence-electron chi connectivity index (χ2n) is 4.99. The van der Waals surface area contributed by atoms with Gasteiger partial charge in [0.25, 0.3) is 0 Å². The Morgan fingerprint density at radius 3 is 2.29 bits per heavy atom. The van der Waals surface area contributed by atoms with Crippen LogP contribution in [0.2, 0.25) is 5.02 Å². The normalized spacial score (nSPS) is 10.5. The molecule has 24 heavy (non-hydrogen) atoms. The molecule has 0 saturated carbocycles. The molecule has 0 bridgehead atoms. The smallest absolute Gasteiger partial charge is 0.194 e. The van der Waals surface area contributed by atoms with Crippen molar-refractivity contribution in [1.29, 1.82) is 0 Å². The van der Waals surface area contributed by atoms with Crippen molar-refractivity contribution in [2.45, 2.75) is 0 Å². The molecule has 3 nitrogen and oxygen atoms in total. The molecule has 0 fully saturated rings. The van der Waals surface area contributed by atoms with Crippen LogP contribution in [0.4, 0.5) is 20.3 Å². The molecular formula is C18H11ClF2N2O. The van der Waals surface area contributed by atoms with E-state index in [4.69, 9.17) is 11.6 Å². The summed E-state index contributed by atoms with van der Waals surface area (Å²) in [6.07, 6.45) is 1.34. The van der Waals surface area contributed by atoms with E-state index in [1.54, 1.807) is 24.3 Å². The maximum atomic E-state index is 13.6. The van der Waals surface area contributed by atoms with Crippen molar-refractivity contribution < 1.29 is 13.6 Å². The van der Waals surface area contributed by atoms with Crippen LogP contribution < -0.4 is 5.32 Å². The lowest BCUT2D eigenvalue weighted by molar-refractivity contribution is 0.103. The third kappa shape index (κ3) is 3.41. The molecule has 0 aliphatic heterocycles. The van der Waals surface area contributed by atoms with Crippen molar-refractivity contribution in [2.24, 2.45) is 0 Å². The van der Waals surface area contributed by atoms with Gasteiger partial charge < -0.3 is 5.32 Å². The fourth-order valence-corrected chi connectivity index (χ4v) is 2.33. The quantitative estimate of drug-likeness (QED) is 0.678. The van der Waals surface area contributed by atoms with Crippen LogP contribution >= 0.6 is 11.6 Å². The second kappa shape index (κ2) is 6.76. The predicted molar refractivity (Wildman–Crippen MR) is 88.8 cm³/mol. The molecular weight excluding hydrogens is 334 g/mol. The number of nitrogens with zero attached hydrogens (tertiary/aromatic N) is 1. The molecule has 120 valence electrons. The Kier molecular flexibility index (Phi) is 4.53. The van der Waals surface area contributed by atoms with E-state index < -0.39 is 11.6 Å². The highest BCUT2D eigenvalue weighted by Crippen LogP contribution is 2.22. The number of carbonyl (C=O) groups is 1. The van der Waals surface area contributed by atoms with Gasteiger partial charge in [-0.3, -0.25) is 4.79 Å². The van der Waals surface area contributed by atoms with Gasteiger partial charge in [-0.05, 0) is 36.4 Å². The zero-order valence-electron chi connectivity index (χ0n) is 12.3. The van der Waals surface area contributed by atoms with Crippen molar-refractivity contribution >= 4 is 28.9 Å². The molecule has 3 rings (SSSR count). The van der Waals surface area contributed by atoms with Crippen molar-refractivity contribution in [3.8, 4) is 0 Å². The summed E-state index contributed by atoms with van der Waals surface area (Å²) in [5.41, 5.74) is 0.487. The Morgan fingerprint density at radius 2 is 1.67 bits per heavy atom. The van der Waals surface area contributed by atoms with Gasteiger partial charge in [0.1, 0.15) is 23.1 Å². The molecule has 6 heteroatoms. The lowest BCUT2D eigenvalue weighted by atomic mass is 10.1. The summed E-state index contributed by atoms with van der Waals surface area (Å²) in [4.78, 5) is 16.4. The fourth-order valence-electron chi connectivity index (χ4n) is 2.14. The average Bonchev–Trinajstić information content (AvgIpc) is 2.58. The first-order valence-corrected chi connectivity index (χ1v) is 7.40. The molecule has 3 aromatic rings. The summed E-state index contributed by atoms with van der Waals surface area (Å²) in [7, 11) is 0. The minimum atomic E-state index is -0.726. The van der Waals surface area contributed by atoms with Gasteiger partial charge in [0.15, 0.2) is 5.78 Å². The van der Waals surface area contributed by atoms with E-state index in [-0.39, 0.29) is 17.3 Å². The Hall–Kier alpha value is -2.79. The topological polar surface area (TPSA) is 42.0 Å². The molecule has 0 aliphatic rings. The van der Waals surface area contributed by atoms with Gasteiger partial charge in [0.05, 0.1) is 0 Å². The largest absolute Gasteiger partial charge is 0.335 e. The Bertz CT molecular complexity index is 878. The van der Waals surface area contributed by atoms with E-state index in [1.165, 1.54) is 24.4 Å². The molecule has 0 unspecified atom stereocenters. The number of carbonyl (C=O) groups excluding carboxylic acids is 1. The van der Waals surface area contributed by atoms with Gasteiger partial charge in [0.2, 0.25) is 0 Å². The van der Waals surface area contributed by atoms with Gasteiger partial charge in [-0.15, -0.1) is 0 Å². The number of anilines is 2. The van der Waals surface area contributed by atoms with Crippen LogP contribution in [-0.2, 0) is 0 Å². The number of ketones is 1. The molecule has 2 aromatic carbocycles. The van der Waals surface area contributed by atoms with Crippen LogP contribution in [0.25, 0.3) is 0 Å². The van der Waals surface area contributed by atoms with Crippen LogP contribution in [0.3, 0.4) is 0 Å². The zero-order valence-corrected chi connectivity index (χ0v) is 13.0. The molecule has 1 heterocycles. The molecule has 0 amide bonds. The second-order valence-corrected chi connectivity index (χ2v) is 5.43. The molecule has 0 spiro atoms. The van der Waals surface area contributed by atoms with Crippen LogP contribution in [0, 0.1) is 11.6 Å². The lowest BCUT2D eigenvalue weighted by Gasteiger charge is -2.08. The Morgan fingerprint density at radius 1 is 0.958 bits per heavy atom. The summed E-state index contributed by atoms with van der Waals surface area (Å²) >= 11 is 5.87. The Balaban J connectivity index is 1.82. The highest BCUT2D eigenvalue weighted by Gasteiger charge is 2.12. The van der Waals surface area contributed by atoms with Crippen molar-refractivity contribution in [3.63, 3.8) is 0 Å². The maximum absolute atomic E-state index is 13.6. The van der Waals surface area contributed by atoms with Gasteiger partial charge in [-0.1, -0.05) is 29.8 Å². The number of hydrogen-bond donors (Lipinski definition) is 1. The third-order valence-corrected chi connectivity index (χ3v) is 3.56. The number of benzene rings is 2. The highest BCUT2D eigenvalue weighted by atomic mass is 35.5. The molecule has 0 atom stereocenters. The highest BCUT2D eigenvalue weighted by molar-refractivity contribution is 6.31. The van der Waals surface area contributed by atoms with Crippen LogP contribution in [0.15, 0.2) is 60.8 Å². The molecule has 1 N–H and O–H groups in total. The minimum absolute atomic E-state index is 0.224. The van der Waals surface area contributed by atoms with Gasteiger partial charge in [-0.2, -0.15) is 0 Å². The predicted octanol–water partition coefficient (Wildman–Crippen LogP) is 4.99. The number of halogens is 3. The lowest BCUT2D eigenvalue weighted by Crippen LogP contribution is -2.04. The first kappa shape index (κ1) is 16.1. The first-order valence-electron chi connectivity index (χ1n) is 7.02. The summed E-state index contributed by atoms with van der Waals surface area (Å²) < 4.78 is 27.2.